The molecule has 0 bridgehead atoms. The van der Waals surface area contributed by atoms with Crippen LogP contribution in [0.25, 0.3) is 43.7 Å². The number of hydrogen-bond donors (Lipinski definition) is 1. The number of para-hydroxylation sites is 1. The summed E-state index contributed by atoms with van der Waals surface area (Å²) in [5.41, 5.74) is 4.94. The fourth-order valence-electron chi connectivity index (χ4n) is 3.46. The highest BCUT2D eigenvalue weighted by atomic mass is 14.7. The minimum Gasteiger partial charge on any atom is -0.354 e. The summed E-state index contributed by atoms with van der Waals surface area (Å²) in [7, 11) is 0. The third kappa shape index (κ3) is 1.87. The summed E-state index contributed by atoms with van der Waals surface area (Å²) in [6.45, 7) is 0. The van der Waals surface area contributed by atoms with Gasteiger partial charge in [0.25, 0.3) is 0 Å². The van der Waals surface area contributed by atoms with E-state index in [-0.39, 0.29) is 0 Å². The highest BCUT2D eigenvalue weighted by Gasteiger charge is 2.08. The van der Waals surface area contributed by atoms with Crippen molar-refractivity contribution in [3.05, 3.63) is 84.9 Å². The Hall–Kier alpha value is -3.06. The van der Waals surface area contributed by atoms with E-state index in [4.69, 9.17) is 0 Å². The van der Waals surface area contributed by atoms with Crippen LogP contribution in [0.15, 0.2) is 84.9 Å². The number of rotatable bonds is 1. The van der Waals surface area contributed by atoms with Crippen LogP contribution in [0.1, 0.15) is 0 Å². The van der Waals surface area contributed by atoms with Crippen LogP contribution in [-0.4, -0.2) is 4.98 Å². The Labute approximate surface area is 134 Å². The average molecular weight is 293 g/mol. The van der Waals surface area contributed by atoms with Crippen LogP contribution in [-0.2, 0) is 0 Å². The normalized spacial score (nSPS) is 11.5. The smallest absolute Gasteiger partial charge is 0.0544 e. The molecule has 5 rings (SSSR count). The zero-order chi connectivity index (χ0) is 15.2. The number of aromatic nitrogens is 1. The number of hydrogen-bond acceptors (Lipinski definition) is 0. The maximum atomic E-state index is 3.58. The van der Waals surface area contributed by atoms with Gasteiger partial charge in [-0.15, -0.1) is 0 Å². The van der Waals surface area contributed by atoms with Crippen LogP contribution < -0.4 is 0 Å². The molecular formula is C22H15N. The van der Waals surface area contributed by atoms with Crippen LogP contribution >= 0.6 is 0 Å². The largest absolute Gasteiger partial charge is 0.354 e. The summed E-state index contributed by atoms with van der Waals surface area (Å²) in [4.78, 5) is 3.58. The summed E-state index contributed by atoms with van der Waals surface area (Å²) in [5.74, 6) is 0. The van der Waals surface area contributed by atoms with Gasteiger partial charge in [-0.05, 0) is 28.6 Å². The first kappa shape index (κ1) is 12.5. The van der Waals surface area contributed by atoms with Gasteiger partial charge in [0.1, 0.15) is 0 Å². The van der Waals surface area contributed by atoms with Crippen LogP contribution in [0.4, 0.5) is 0 Å². The highest BCUT2D eigenvalue weighted by Crippen LogP contribution is 2.33. The first-order valence-electron chi connectivity index (χ1n) is 7.89. The lowest BCUT2D eigenvalue weighted by Crippen LogP contribution is -1.80. The minimum absolute atomic E-state index is 1.20. The Morgan fingerprint density at radius 1 is 0.522 bits per heavy atom. The van der Waals surface area contributed by atoms with Crippen molar-refractivity contribution in [2.24, 2.45) is 0 Å². The van der Waals surface area contributed by atoms with Crippen molar-refractivity contribution in [1.29, 1.82) is 0 Å². The summed E-state index contributed by atoms with van der Waals surface area (Å²) in [6.07, 6.45) is 0. The van der Waals surface area contributed by atoms with Crippen LogP contribution in [0.5, 0.6) is 0 Å². The van der Waals surface area contributed by atoms with E-state index in [0.29, 0.717) is 0 Å². The molecule has 1 heteroatoms. The Bertz CT molecular complexity index is 1150. The molecular weight excluding hydrogens is 278 g/mol. The predicted octanol–water partition coefficient (Wildman–Crippen LogP) is 6.14. The minimum atomic E-state index is 1.20. The molecule has 0 aliphatic heterocycles. The second-order valence-electron chi connectivity index (χ2n) is 5.96. The van der Waals surface area contributed by atoms with Gasteiger partial charge in [-0.2, -0.15) is 0 Å². The number of aromatic amines is 1. The van der Waals surface area contributed by atoms with Crippen molar-refractivity contribution in [2.45, 2.75) is 0 Å². The highest BCUT2D eigenvalue weighted by molar-refractivity contribution is 6.17. The van der Waals surface area contributed by atoms with Gasteiger partial charge < -0.3 is 4.98 Å². The molecule has 5 aromatic rings. The van der Waals surface area contributed by atoms with E-state index in [9.17, 15) is 0 Å². The summed E-state index contributed by atoms with van der Waals surface area (Å²) < 4.78 is 0. The summed E-state index contributed by atoms with van der Waals surface area (Å²) in [6, 6.07) is 30.2. The topological polar surface area (TPSA) is 15.8 Å². The molecule has 4 aromatic carbocycles. The van der Waals surface area contributed by atoms with Crippen molar-refractivity contribution in [3.63, 3.8) is 0 Å². The quantitative estimate of drug-likeness (QED) is 0.382. The maximum Gasteiger partial charge on any atom is 0.0544 e. The summed E-state index contributed by atoms with van der Waals surface area (Å²) in [5, 5.41) is 5.13. The van der Waals surface area contributed by atoms with Gasteiger partial charge in [0.2, 0.25) is 0 Å². The Morgan fingerprint density at radius 2 is 1.30 bits per heavy atom. The zero-order valence-electron chi connectivity index (χ0n) is 12.6. The third-order valence-corrected chi connectivity index (χ3v) is 4.60. The lowest BCUT2D eigenvalue weighted by molar-refractivity contribution is 1.56. The number of benzene rings is 4. The molecule has 1 heterocycles. The van der Waals surface area contributed by atoms with Gasteiger partial charge in [0.15, 0.2) is 0 Å². The van der Waals surface area contributed by atoms with Crippen molar-refractivity contribution in [3.8, 4) is 11.1 Å². The molecule has 1 N–H and O–H groups in total. The van der Waals surface area contributed by atoms with E-state index < -0.39 is 0 Å². The molecule has 0 saturated heterocycles. The Balaban J connectivity index is 1.82. The molecule has 0 aliphatic rings. The van der Waals surface area contributed by atoms with Gasteiger partial charge >= 0.3 is 0 Å². The van der Waals surface area contributed by atoms with Gasteiger partial charge in [-0.3, -0.25) is 0 Å². The molecule has 1 nitrogen and oxygen atoms in total. The molecule has 0 unspecified atom stereocenters. The van der Waals surface area contributed by atoms with Crippen molar-refractivity contribution >= 4 is 32.6 Å². The predicted molar refractivity (Wildman–Crippen MR) is 98.7 cm³/mol. The fraction of sp³-hybridized carbons (Fsp3) is 0. The third-order valence-electron chi connectivity index (χ3n) is 4.60. The monoisotopic (exact) mass is 293 g/mol. The molecule has 0 spiro atoms. The van der Waals surface area contributed by atoms with E-state index in [1.807, 2.05) is 0 Å². The number of nitrogens with one attached hydrogen (secondary N) is 1. The van der Waals surface area contributed by atoms with Gasteiger partial charge in [-0.25, -0.2) is 0 Å². The second-order valence-corrected chi connectivity index (χ2v) is 5.96. The SMILES string of the molecule is c1ccc(-c2ccc3c(ccc4c5ccccc5[nH]c34)c2)cc1. The van der Waals surface area contributed by atoms with Gasteiger partial charge in [-0.1, -0.05) is 72.8 Å². The summed E-state index contributed by atoms with van der Waals surface area (Å²) >= 11 is 0. The average Bonchev–Trinajstić information content (AvgIpc) is 3.01. The van der Waals surface area contributed by atoms with Crippen LogP contribution in [0, 0.1) is 0 Å². The maximum absolute atomic E-state index is 3.58. The molecule has 0 aliphatic carbocycles. The van der Waals surface area contributed by atoms with Crippen molar-refractivity contribution < 1.29 is 0 Å². The molecule has 0 radical (unpaired) electrons. The number of fused-ring (bicyclic) bond motifs is 5. The molecule has 23 heavy (non-hydrogen) atoms. The second kappa shape index (κ2) is 4.72. The molecule has 1 aromatic heterocycles. The van der Waals surface area contributed by atoms with Crippen molar-refractivity contribution in [1.82, 2.24) is 4.98 Å². The lowest BCUT2D eigenvalue weighted by Gasteiger charge is -2.05. The fourth-order valence-corrected chi connectivity index (χ4v) is 3.46. The van der Waals surface area contributed by atoms with Crippen molar-refractivity contribution in [2.75, 3.05) is 0 Å². The molecule has 108 valence electrons. The Kier molecular flexibility index (Phi) is 2.56. The standard InChI is InChI=1S/C22H15N/c1-2-6-15(7-3-1)16-10-12-18-17(14-16)11-13-20-19-8-4-5-9-21(19)23-22(18)20/h1-14,23H. The molecule has 0 fully saturated rings. The van der Waals surface area contributed by atoms with Gasteiger partial charge in [0.05, 0.1) is 5.52 Å². The van der Waals surface area contributed by atoms with Gasteiger partial charge in [0, 0.05) is 21.7 Å². The van der Waals surface area contributed by atoms with E-state index in [1.165, 1.54) is 43.7 Å². The Morgan fingerprint density at radius 3 is 2.22 bits per heavy atom. The lowest BCUT2D eigenvalue weighted by atomic mass is 9.99. The van der Waals surface area contributed by atoms with E-state index in [0.717, 1.165) is 0 Å². The van der Waals surface area contributed by atoms with E-state index in [1.54, 1.807) is 0 Å². The van der Waals surface area contributed by atoms with E-state index >= 15 is 0 Å². The first-order valence-corrected chi connectivity index (χ1v) is 7.89. The molecule has 0 atom stereocenters. The first-order chi connectivity index (χ1) is 11.4. The number of H-pyrrole nitrogens is 1. The van der Waals surface area contributed by atoms with E-state index in [2.05, 4.69) is 89.9 Å². The van der Waals surface area contributed by atoms with Crippen LogP contribution in [0.2, 0.25) is 0 Å². The molecule has 0 saturated carbocycles. The van der Waals surface area contributed by atoms with Crippen LogP contribution in [0.3, 0.4) is 0 Å². The molecule has 0 amide bonds. The zero-order valence-corrected chi connectivity index (χ0v) is 12.6.